The van der Waals surface area contributed by atoms with Crippen molar-refractivity contribution >= 4 is 164 Å². The number of nitrogens with zero attached hydrogens (tertiary/aromatic N) is 3. The minimum absolute atomic E-state index is 0.0381. The number of nitrogen functional groups attached to an aromatic ring is 1. The molecule has 0 aromatic heterocycles. The van der Waals surface area contributed by atoms with Gasteiger partial charge in [-0.05, 0) is 125 Å². The molecule has 4 aromatic rings. The van der Waals surface area contributed by atoms with Crippen LogP contribution in [0.1, 0.15) is 122 Å². The van der Waals surface area contributed by atoms with Crippen molar-refractivity contribution in [3.63, 3.8) is 0 Å². The van der Waals surface area contributed by atoms with Gasteiger partial charge < -0.3 is 72.9 Å². The van der Waals surface area contributed by atoms with Crippen LogP contribution in [0.2, 0.25) is 0 Å². The molecule has 11 rings (SSSR count). The number of unbranched alkanes of at least 4 members (excludes halogenated alkanes) is 2. The smallest absolute Gasteiger partial charge is 0.337 e. The zero-order chi connectivity index (χ0) is 66.6. The van der Waals surface area contributed by atoms with Gasteiger partial charge in [0.05, 0.1) is 57.6 Å². The van der Waals surface area contributed by atoms with Crippen LogP contribution >= 0.6 is 94.1 Å². The maximum absolute atomic E-state index is 13.1. The van der Waals surface area contributed by atoms with Crippen LogP contribution in [-0.4, -0.2) is 201 Å². The fraction of sp³-hybridized carbons (Fsp3) is 0.484. The number of ether oxygens (including phenoxy) is 2. The van der Waals surface area contributed by atoms with E-state index >= 15 is 0 Å². The molecule has 7 aliphatic heterocycles. The Kier molecular flexibility index (Phi) is 29.6. The van der Waals surface area contributed by atoms with E-state index < -0.39 is 11.9 Å². The first kappa shape index (κ1) is 74.3. The van der Waals surface area contributed by atoms with Gasteiger partial charge in [-0.1, -0.05) is 0 Å². The van der Waals surface area contributed by atoms with Crippen LogP contribution in [0, 0.1) is 0 Å². The van der Waals surface area contributed by atoms with Gasteiger partial charge in [0.1, 0.15) is 10.9 Å². The summed E-state index contributed by atoms with van der Waals surface area (Å²) in [6.07, 6.45) is 3.48. The number of anilines is 4. The molecule has 0 saturated carbocycles. The fourth-order valence-corrected chi connectivity index (χ4v) is 22.0. The Bertz CT molecular complexity index is 3080. The van der Waals surface area contributed by atoms with Gasteiger partial charge in [0, 0.05) is 129 Å². The van der Waals surface area contributed by atoms with Crippen molar-refractivity contribution in [2.45, 2.75) is 82.6 Å². The van der Waals surface area contributed by atoms with E-state index in [9.17, 15) is 38.4 Å². The zero-order valence-electron chi connectivity index (χ0n) is 52.2. The molecule has 0 radical (unpaired) electrons. The fourth-order valence-electron chi connectivity index (χ4n) is 10.2. The predicted octanol–water partition coefficient (Wildman–Crippen LogP) is 6.92. The normalized spacial score (nSPS) is 21.8. The summed E-state index contributed by atoms with van der Waals surface area (Å²) < 4.78 is 9.30. The number of aliphatic hydroxyl groups excluding tert-OH is 2. The Hall–Kier alpha value is -5.12. The number of Topliss-reactive ketones (excluding diaryl/α,β-unsaturated/α-hetero) is 2. The number of fused-ring (bicyclic) bond motifs is 6. The highest BCUT2D eigenvalue weighted by Crippen LogP contribution is 2.49. The molecule has 4 amide bonds. The molecule has 0 spiro atoms. The molecule has 12 N–H and O–H groups in total. The minimum Gasteiger partial charge on any atom is -0.465 e. The van der Waals surface area contributed by atoms with Gasteiger partial charge in [0.2, 0.25) is 0 Å². The largest absolute Gasteiger partial charge is 0.465 e. The van der Waals surface area contributed by atoms with Crippen LogP contribution in [-0.2, 0) is 9.47 Å². The second kappa shape index (κ2) is 36.7. The number of carbonyl (C=O) groups excluding carboxylic acids is 8. The molecule has 92 heavy (non-hydrogen) atoms. The standard InChI is InChI=1S/C30H36N6O4S4.C14H15NO3S2.C10H11NO3.C4H12N2.C4H8O2S2/c1-31-27(37)17-7-19(11-21(9-17)35-23-13-41-24(35)14-42-23)29(39)33-5-3-4-6-34-30(40)20-8-18(28(38)32-2)10-22(12-20)36-25-15-43-26(36)16-44-25;1-8(16)9-3-10(14(17)18-2)5-11(4-9)15-12-6-19-13(15)7-20-12;1-6(12)7-3-8(10(13)14-2)5-9(11)4-7;5-3-1-2-4-6;5-3-1-7-4(6)2-8-3/h7-12,23-26H,3-6,13-16H2,1-2H3,(H,31,37)(H,32,38)(H,33,39)(H,34,40);3-5,12-13H,6-7H2,1-2H3;3-5H,11H2,1-2H3;1-6H2;3-6H,1-2H2. The molecule has 0 aliphatic carbocycles. The van der Waals surface area contributed by atoms with Gasteiger partial charge in [-0.2, -0.15) is 0 Å². The summed E-state index contributed by atoms with van der Waals surface area (Å²) >= 11 is 14.4. The van der Waals surface area contributed by atoms with Crippen LogP contribution in [0.3, 0.4) is 0 Å². The lowest BCUT2D eigenvalue weighted by atomic mass is 10.1. The van der Waals surface area contributed by atoms with E-state index in [0.29, 0.717) is 114 Å². The van der Waals surface area contributed by atoms with Crippen molar-refractivity contribution in [3.8, 4) is 0 Å². The Balaban J connectivity index is 0.000000203. The van der Waals surface area contributed by atoms with Crippen LogP contribution < -0.4 is 53.2 Å². The van der Waals surface area contributed by atoms with E-state index in [1.807, 2.05) is 107 Å². The van der Waals surface area contributed by atoms with E-state index in [2.05, 4.69) is 40.7 Å². The average Bonchev–Trinajstić information content (AvgIpc) is 1.63. The number of nitrogens with two attached hydrogens (primary N) is 3. The summed E-state index contributed by atoms with van der Waals surface area (Å²) in [6, 6.07) is 20.6. The molecule has 7 saturated heterocycles. The number of methoxy groups -OCH3 is 2. The quantitative estimate of drug-likeness (QED) is 0.0199. The van der Waals surface area contributed by atoms with Crippen LogP contribution in [0.15, 0.2) is 72.8 Å². The van der Waals surface area contributed by atoms with Gasteiger partial charge >= 0.3 is 11.9 Å². The van der Waals surface area contributed by atoms with E-state index in [-0.39, 0.29) is 51.6 Å². The molecule has 6 bridgehead atoms. The van der Waals surface area contributed by atoms with Crippen molar-refractivity contribution in [1.29, 1.82) is 0 Å². The van der Waals surface area contributed by atoms with Gasteiger partial charge in [-0.3, -0.25) is 28.8 Å². The summed E-state index contributed by atoms with van der Waals surface area (Å²) in [4.78, 5) is 104. The first-order valence-electron chi connectivity index (χ1n) is 29.8. The summed E-state index contributed by atoms with van der Waals surface area (Å²) in [5, 5.41) is 31.3. The lowest BCUT2D eigenvalue weighted by Crippen LogP contribution is -2.31. The number of esters is 2. The van der Waals surface area contributed by atoms with Gasteiger partial charge in [0.15, 0.2) is 11.6 Å². The van der Waals surface area contributed by atoms with E-state index in [1.165, 1.54) is 69.8 Å². The number of aliphatic hydroxyl groups is 2. The first-order valence-corrected chi connectivity index (χ1v) is 38.2. The van der Waals surface area contributed by atoms with Crippen molar-refractivity contribution in [2.24, 2.45) is 11.5 Å². The first-order chi connectivity index (χ1) is 44.2. The molecule has 22 nitrogen and oxygen atoms in total. The predicted molar refractivity (Wildman–Crippen MR) is 383 cm³/mol. The SMILES string of the molecule is CNC(=O)c1cc(C(=O)NCCCCNC(=O)c2cc(C(=O)NC)cc(N3C4CSC3CS4)c2)cc(N2C3CSC2CS3)c1.COC(=O)c1cc(C(C)=O)cc(N2C3CSC2CS3)c1.COC(=O)c1cc(N)cc(C(C)=O)c1.NCCCCN.OC1CSC(O)CS1. The molecule has 8 atom stereocenters. The van der Waals surface area contributed by atoms with E-state index in [4.69, 9.17) is 32.2 Å². The summed E-state index contributed by atoms with van der Waals surface area (Å²) in [6.45, 7) is 5.36. The van der Waals surface area contributed by atoms with E-state index in [1.54, 1.807) is 32.3 Å². The van der Waals surface area contributed by atoms with Crippen molar-refractivity contribution in [1.82, 2.24) is 21.3 Å². The molecule has 500 valence electrons. The second-order valence-corrected chi connectivity index (χ2v) is 31.1. The monoisotopic (exact) mass is 1410 g/mol. The number of hydrogen-bond acceptors (Lipinski definition) is 26. The lowest BCUT2D eigenvalue weighted by Gasteiger charge is -2.24. The number of benzene rings is 4. The Morgan fingerprint density at radius 3 is 1.00 bits per heavy atom. The molecular formula is C62H82N10O12S8. The van der Waals surface area contributed by atoms with Gasteiger partial charge in [0.25, 0.3) is 23.6 Å². The van der Waals surface area contributed by atoms with Crippen molar-refractivity contribution < 1.29 is 58.0 Å². The molecule has 7 aliphatic rings. The Morgan fingerprint density at radius 1 is 0.424 bits per heavy atom. The van der Waals surface area contributed by atoms with Crippen molar-refractivity contribution in [3.05, 3.63) is 117 Å². The highest BCUT2D eigenvalue weighted by Gasteiger charge is 2.43. The highest BCUT2D eigenvalue weighted by atomic mass is 32.2. The van der Waals surface area contributed by atoms with Crippen LogP contribution in [0.4, 0.5) is 22.7 Å². The number of thioether (sulfide) groups is 8. The summed E-state index contributed by atoms with van der Waals surface area (Å²) in [5.74, 6) is 5.68. The summed E-state index contributed by atoms with van der Waals surface area (Å²) in [5.41, 5.74) is 22.0. The van der Waals surface area contributed by atoms with Crippen molar-refractivity contribution in [2.75, 3.05) is 121 Å². The number of amides is 4. The minimum atomic E-state index is -0.500. The molecule has 30 heteroatoms. The third kappa shape index (κ3) is 20.5. The number of rotatable bonds is 19. The maximum Gasteiger partial charge on any atom is 0.337 e. The zero-order valence-corrected chi connectivity index (χ0v) is 58.7. The molecule has 7 fully saturated rings. The van der Waals surface area contributed by atoms with Crippen LogP contribution in [0.25, 0.3) is 0 Å². The number of hydrogen-bond donors (Lipinski definition) is 9. The number of ketones is 2. The Morgan fingerprint density at radius 2 is 0.707 bits per heavy atom. The van der Waals surface area contributed by atoms with E-state index in [0.717, 1.165) is 77.5 Å². The second-order valence-electron chi connectivity index (χ2n) is 21.4. The molecule has 4 aromatic carbocycles. The molecule has 8 unspecified atom stereocenters. The summed E-state index contributed by atoms with van der Waals surface area (Å²) in [7, 11) is 5.81. The maximum atomic E-state index is 13.1. The number of nitrogens with one attached hydrogen (secondary N) is 4. The topological polar surface area (TPSA) is 331 Å². The number of carbonyl (C=O) groups is 8. The van der Waals surface area contributed by atoms with Gasteiger partial charge in [-0.25, -0.2) is 9.59 Å². The third-order valence-corrected chi connectivity index (χ3v) is 26.4. The van der Waals surface area contributed by atoms with Gasteiger partial charge in [-0.15, -0.1) is 94.1 Å². The molecular weight excluding hydrogens is 1330 g/mol. The lowest BCUT2D eigenvalue weighted by molar-refractivity contribution is 0.0591. The highest BCUT2D eigenvalue weighted by molar-refractivity contribution is 8.09. The third-order valence-electron chi connectivity index (χ3n) is 14.9. The Labute approximate surface area is 571 Å². The average molecular weight is 1420 g/mol. The van der Waals surface area contributed by atoms with Crippen LogP contribution in [0.5, 0.6) is 0 Å². The molecule has 7 heterocycles.